The Balaban J connectivity index is 1.37. The number of aliphatic imine (C=N–C) groups is 1. The molecule has 6 aromatic rings. The molecule has 2 heterocycles. The second-order valence-corrected chi connectivity index (χ2v) is 9.77. The van der Waals surface area contributed by atoms with E-state index >= 15 is 0 Å². The minimum atomic E-state index is -0.439. The normalized spacial score (nSPS) is 11.5. The summed E-state index contributed by atoms with van der Waals surface area (Å²) in [7, 11) is 0. The van der Waals surface area contributed by atoms with E-state index in [-0.39, 0.29) is 6.04 Å². The van der Waals surface area contributed by atoms with E-state index in [1.165, 1.54) is 0 Å². The summed E-state index contributed by atoms with van der Waals surface area (Å²) in [5.74, 6) is 0. The quantitative estimate of drug-likeness (QED) is 0.157. The lowest BCUT2D eigenvalue weighted by atomic mass is 10.1. The lowest BCUT2D eigenvalue weighted by Crippen LogP contribution is -2.25. The summed E-state index contributed by atoms with van der Waals surface area (Å²) in [5.41, 5.74) is 5.62. The Bertz CT molecular complexity index is 1840. The Hall–Kier alpha value is -5.23. The molecule has 40 heavy (non-hydrogen) atoms. The largest absolute Gasteiger partial charge is 0.422 e. The molecule has 0 unspecified atom stereocenters. The summed E-state index contributed by atoms with van der Waals surface area (Å²) < 4.78 is 7.38. The fourth-order valence-corrected chi connectivity index (χ4v) is 4.81. The van der Waals surface area contributed by atoms with Crippen molar-refractivity contribution in [3.05, 3.63) is 137 Å². The summed E-state index contributed by atoms with van der Waals surface area (Å²) in [6, 6.07) is 37.9. The average molecular weight is 525 g/mol. The maximum absolute atomic E-state index is 13.0. The molecule has 196 valence electrons. The van der Waals surface area contributed by atoms with Gasteiger partial charge in [0.2, 0.25) is 0 Å². The highest BCUT2D eigenvalue weighted by Crippen LogP contribution is 2.30. The first-order valence-corrected chi connectivity index (χ1v) is 13.2. The Labute approximate surface area is 232 Å². The van der Waals surface area contributed by atoms with E-state index in [1.54, 1.807) is 17.0 Å². The molecule has 0 radical (unpaired) electrons. The van der Waals surface area contributed by atoms with Gasteiger partial charge in [0.15, 0.2) is 0 Å². The second kappa shape index (κ2) is 10.9. The molecule has 0 bridgehead atoms. The number of benzene rings is 4. The Morgan fingerprint density at radius 3 is 2.20 bits per heavy atom. The molecule has 0 amide bonds. The number of hydrogen-bond donors (Lipinski definition) is 0. The fourth-order valence-electron chi connectivity index (χ4n) is 4.81. The molecule has 0 saturated heterocycles. The van der Waals surface area contributed by atoms with E-state index in [9.17, 15) is 4.79 Å². The number of para-hydroxylation sites is 3. The van der Waals surface area contributed by atoms with Gasteiger partial charge in [-0.15, -0.1) is 0 Å². The van der Waals surface area contributed by atoms with Crippen LogP contribution in [-0.4, -0.2) is 22.0 Å². The predicted molar refractivity (Wildman–Crippen MR) is 162 cm³/mol. The summed E-state index contributed by atoms with van der Waals surface area (Å²) in [6.45, 7) is 4.35. The number of rotatable bonds is 7. The molecule has 0 aliphatic heterocycles. The maximum atomic E-state index is 13.0. The van der Waals surface area contributed by atoms with Gasteiger partial charge in [-0.3, -0.25) is 4.99 Å². The second-order valence-electron chi connectivity index (χ2n) is 9.77. The van der Waals surface area contributed by atoms with E-state index in [4.69, 9.17) is 14.5 Å². The molecule has 0 spiro atoms. The van der Waals surface area contributed by atoms with Crippen LogP contribution in [0.15, 0.2) is 136 Å². The third-order valence-electron chi connectivity index (χ3n) is 6.69. The summed E-state index contributed by atoms with van der Waals surface area (Å²) >= 11 is 0. The molecule has 0 aliphatic rings. The van der Waals surface area contributed by atoms with Crippen LogP contribution < -0.4 is 10.5 Å². The minimum Gasteiger partial charge on any atom is -0.422 e. The van der Waals surface area contributed by atoms with Gasteiger partial charge in [-0.05, 0) is 74.5 Å². The lowest BCUT2D eigenvalue weighted by Gasteiger charge is -2.29. The maximum Gasteiger partial charge on any atom is 0.345 e. The number of aromatic nitrogens is 2. The first kappa shape index (κ1) is 25.1. The molecule has 0 saturated carbocycles. The van der Waals surface area contributed by atoms with E-state index in [2.05, 4.69) is 43.0 Å². The first-order valence-electron chi connectivity index (χ1n) is 13.2. The van der Waals surface area contributed by atoms with Crippen molar-refractivity contribution in [3.63, 3.8) is 0 Å². The Morgan fingerprint density at radius 2 is 1.48 bits per heavy atom. The van der Waals surface area contributed by atoms with Crippen LogP contribution in [0.1, 0.15) is 19.4 Å². The van der Waals surface area contributed by atoms with Crippen LogP contribution >= 0.6 is 0 Å². The van der Waals surface area contributed by atoms with Crippen molar-refractivity contribution in [2.45, 2.75) is 19.9 Å². The van der Waals surface area contributed by atoms with Crippen molar-refractivity contribution < 1.29 is 4.42 Å². The molecule has 0 atom stereocenters. The number of anilines is 2. The standard InChI is InChI=1S/C34H28N4O2/c1-24(2)38(29-14-7-4-8-15-29)30-19-17-27(18-20-30)35-22-26-23-37(28-12-5-3-6-13-28)36-33(26)31-21-25-11-9-10-16-32(25)40-34(31)39/h3-24H,1-2H3. The van der Waals surface area contributed by atoms with Crippen LogP contribution in [0.4, 0.5) is 17.1 Å². The van der Waals surface area contributed by atoms with Crippen LogP contribution in [0.3, 0.4) is 0 Å². The third kappa shape index (κ3) is 5.07. The molecule has 6 rings (SSSR count). The van der Waals surface area contributed by atoms with Crippen LogP contribution in [0.5, 0.6) is 0 Å². The van der Waals surface area contributed by atoms with Crippen molar-refractivity contribution in [2.24, 2.45) is 4.99 Å². The van der Waals surface area contributed by atoms with Crippen molar-refractivity contribution in [3.8, 4) is 16.9 Å². The van der Waals surface area contributed by atoms with Crippen molar-refractivity contribution >= 4 is 34.2 Å². The van der Waals surface area contributed by atoms with Crippen LogP contribution in [-0.2, 0) is 0 Å². The molecule has 0 aliphatic carbocycles. The van der Waals surface area contributed by atoms with Gasteiger partial charge in [0.25, 0.3) is 0 Å². The molecule has 6 heteroatoms. The predicted octanol–water partition coefficient (Wildman–Crippen LogP) is 7.94. The number of hydrogen-bond acceptors (Lipinski definition) is 5. The zero-order chi connectivity index (χ0) is 27.5. The van der Waals surface area contributed by atoms with Gasteiger partial charge in [0.05, 0.1) is 16.9 Å². The van der Waals surface area contributed by atoms with Gasteiger partial charge in [0.1, 0.15) is 11.3 Å². The van der Waals surface area contributed by atoms with Gasteiger partial charge in [-0.2, -0.15) is 5.10 Å². The molecule has 6 nitrogen and oxygen atoms in total. The SMILES string of the molecule is CC(C)N(c1ccccc1)c1ccc(N=Cc2cn(-c3ccccc3)nc2-c2cc3ccccc3oc2=O)cc1. The molecule has 0 N–H and O–H groups in total. The van der Waals surface area contributed by atoms with Crippen LogP contribution in [0.25, 0.3) is 27.9 Å². The Kier molecular flexibility index (Phi) is 6.81. The minimum absolute atomic E-state index is 0.289. The summed E-state index contributed by atoms with van der Waals surface area (Å²) in [6.07, 6.45) is 3.63. The van der Waals surface area contributed by atoms with Crippen molar-refractivity contribution in [1.29, 1.82) is 0 Å². The van der Waals surface area contributed by atoms with Crippen LogP contribution in [0.2, 0.25) is 0 Å². The molecule has 2 aromatic heterocycles. The molecule has 4 aromatic carbocycles. The molecular weight excluding hydrogens is 496 g/mol. The van der Waals surface area contributed by atoms with Gasteiger partial charge in [0, 0.05) is 40.8 Å². The van der Waals surface area contributed by atoms with E-state index in [0.29, 0.717) is 22.4 Å². The fraction of sp³-hybridized carbons (Fsp3) is 0.0882. The van der Waals surface area contributed by atoms with E-state index in [0.717, 1.165) is 28.1 Å². The Morgan fingerprint density at radius 1 is 0.825 bits per heavy atom. The zero-order valence-electron chi connectivity index (χ0n) is 22.3. The van der Waals surface area contributed by atoms with Crippen molar-refractivity contribution in [1.82, 2.24) is 9.78 Å². The highest BCUT2D eigenvalue weighted by atomic mass is 16.4. The monoisotopic (exact) mass is 524 g/mol. The topological polar surface area (TPSA) is 63.6 Å². The van der Waals surface area contributed by atoms with E-state index in [1.807, 2.05) is 91.1 Å². The smallest absolute Gasteiger partial charge is 0.345 e. The van der Waals surface area contributed by atoms with E-state index < -0.39 is 5.63 Å². The zero-order valence-corrected chi connectivity index (χ0v) is 22.3. The van der Waals surface area contributed by atoms with Crippen molar-refractivity contribution in [2.75, 3.05) is 4.90 Å². The number of nitrogens with zero attached hydrogens (tertiary/aromatic N) is 4. The highest BCUT2D eigenvalue weighted by Gasteiger charge is 2.17. The lowest BCUT2D eigenvalue weighted by molar-refractivity contribution is 0.563. The third-order valence-corrected chi connectivity index (χ3v) is 6.69. The summed E-state index contributed by atoms with van der Waals surface area (Å²) in [5, 5.41) is 5.61. The van der Waals surface area contributed by atoms with Gasteiger partial charge >= 0.3 is 5.63 Å². The van der Waals surface area contributed by atoms with Crippen LogP contribution in [0, 0.1) is 0 Å². The molecule has 0 fully saturated rings. The van der Waals surface area contributed by atoms with Gasteiger partial charge in [-0.25, -0.2) is 9.48 Å². The molecular formula is C34H28N4O2. The first-order chi connectivity index (χ1) is 19.6. The summed E-state index contributed by atoms with van der Waals surface area (Å²) in [4.78, 5) is 20.1. The number of fused-ring (bicyclic) bond motifs is 1. The average Bonchev–Trinajstić information content (AvgIpc) is 3.41. The van der Waals surface area contributed by atoms with Gasteiger partial charge < -0.3 is 9.32 Å². The van der Waals surface area contributed by atoms with Gasteiger partial charge in [-0.1, -0.05) is 54.6 Å². The highest BCUT2D eigenvalue weighted by molar-refractivity contribution is 5.92.